The minimum Gasteiger partial charge on any atom is -0.293 e. The van der Waals surface area contributed by atoms with E-state index in [1.165, 1.54) is 11.1 Å². The highest BCUT2D eigenvalue weighted by Gasteiger charge is 2.40. The first-order chi connectivity index (χ1) is 8.72. The van der Waals surface area contributed by atoms with Crippen molar-refractivity contribution in [1.82, 2.24) is 10.6 Å². The van der Waals surface area contributed by atoms with Crippen LogP contribution in [0.25, 0.3) is 5.57 Å². The van der Waals surface area contributed by atoms with Crippen molar-refractivity contribution in [3.05, 3.63) is 53.1 Å². The number of hydrogen-bond acceptors (Lipinski definition) is 3. The predicted octanol–water partition coefficient (Wildman–Crippen LogP) is 1.27. The molecule has 0 aliphatic heterocycles. The van der Waals surface area contributed by atoms with Crippen LogP contribution < -0.4 is 10.6 Å². The summed E-state index contributed by atoms with van der Waals surface area (Å²) in [7, 11) is 3.60. The van der Waals surface area contributed by atoms with E-state index in [0.717, 1.165) is 17.6 Å². The van der Waals surface area contributed by atoms with Crippen LogP contribution in [0.2, 0.25) is 0 Å². The van der Waals surface area contributed by atoms with Crippen LogP contribution in [0, 0.1) is 0 Å². The second-order valence-electron chi connectivity index (χ2n) is 4.70. The van der Waals surface area contributed by atoms with Crippen molar-refractivity contribution < 1.29 is 4.79 Å². The molecule has 3 heteroatoms. The van der Waals surface area contributed by atoms with Crippen molar-refractivity contribution >= 4 is 11.4 Å². The summed E-state index contributed by atoms with van der Waals surface area (Å²) < 4.78 is 0. The Morgan fingerprint density at radius 3 is 2.61 bits per heavy atom. The Labute approximate surface area is 107 Å². The molecule has 0 fully saturated rings. The molecule has 0 unspecified atom stereocenters. The zero-order valence-corrected chi connectivity index (χ0v) is 10.6. The normalized spacial score (nSPS) is 20.0. The summed E-state index contributed by atoms with van der Waals surface area (Å²) in [5.41, 5.74) is 3.67. The number of likely N-dealkylation sites (N-methyl/N-ethyl adjacent to an activating group) is 2. The van der Waals surface area contributed by atoms with E-state index in [1.807, 2.05) is 18.2 Å². The molecule has 0 spiro atoms. The fourth-order valence-corrected chi connectivity index (χ4v) is 2.82. The first kappa shape index (κ1) is 11.4. The summed E-state index contributed by atoms with van der Waals surface area (Å²) in [6.07, 6.45) is 4.70. The maximum absolute atomic E-state index is 12.6. The number of Topliss-reactive ketones (excluding diaryl/α,β-unsaturated/α-hetero) is 1. The zero-order valence-electron chi connectivity index (χ0n) is 10.6. The molecule has 3 nitrogen and oxygen atoms in total. The van der Waals surface area contributed by atoms with Crippen LogP contribution >= 0.6 is 0 Å². The first-order valence-electron chi connectivity index (χ1n) is 6.15. The van der Waals surface area contributed by atoms with Gasteiger partial charge in [0, 0.05) is 12.0 Å². The quantitative estimate of drug-likeness (QED) is 0.765. The molecule has 18 heavy (non-hydrogen) atoms. The van der Waals surface area contributed by atoms with Crippen molar-refractivity contribution in [2.24, 2.45) is 0 Å². The molecular formula is C15H16N2O. The minimum atomic E-state index is -0.749. The molecule has 92 valence electrons. The van der Waals surface area contributed by atoms with E-state index in [9.17, 15) is 4.79 Å². The summed E-state index contributed by atoms with van der Waals surface area (Å²) in [6.45, 7) is 0. The highest BCUT2D eigenvalue weighted by Crippen LogP contribution is 2.38. The monoisotopic (exact) mass is 240 g/mol. The van der Waals surface area contributed by atoms with Crippen molar-refractivity contribution in [3.8, 4) is 0 Å². The topological polar surface area (TPSA) is 41.1 Å². The Balaban J connectivity index is 2.09. The summed E-state index contributed by atoms with van der Waals surface area (Å²) in [4.78, 5) is 12.6. The molecule has 0 saturated heterocycles. The van der Waals surface area contributed by atoms with Crippen LogP contribution in [0.4, 0.5) is 0 Å². The molecule has 0 saturated carbocycles. The van der Waals surface area contributed by atoms with E-state index in [2.05, 4.69) is 28.8 Å². The van der Waals surface area contributed by atoms with Crippen LogP contribution in [0.5, 0.6) is 0 Å². The Morgan fingerprint density at radius 2 is 1.89 bits per heavy atom. The molecule has 0 heterocycles. The summed E-state index contributed by atoms with van der Waals surface area (Å²) in [5, 5.41) is 6.15. The van der Waals surface area contributed by atoms with Crippen LogP contribution in [0.1, 0.15) is 11.1 Å². The van der Waals surface area contributed by atoms with Gasteiger partial charge < -0.3 is 0 Å². The lowest BCUT2D eigenvalue weighted by Crippen LogP contribution is -2.59. The number of benzene rings is 1. The highest BCUT2D eigenvalue weighted by molar-refractivity contribution is 6.14. The number of allylic oxidation sites excluding steroid dienone is 2. The number of carbonyl (C=O) groups excluding carboxylic acids is 1. The van der Waals surface area contributed by atoms with Gasteiger partial charge in [-0.25, -0.2) is 0 Å². The van der Waals surface area contributed by atoms with Crippen molar-refractivity contribution in [1.29, 1.82) is 0 Å². The van der Waals surface area contributed by atoms with Gasteiger partial charge in [0.25, 0.3) is 0 Å². The van der Waals surface area contributed by atoms with Crippen LogP contribution in [0.3, 0.4) is 0 Å². The van der Waals surface area contributed by atoms with Gasteiger partial charge in [-0.15, -0.1) is 0 Å². The van der Waals surface area contributed by atoms with E-state index >= 15 is 0 Å². The second kappa shape index (κ2) is 3.90. The number of hydrogen-bond donors (Lipinski definition) is 2. The molecule has 0 amide bonds. The summed E-state index contributed by atoms with van der Waals surface area (Å²) in [6, 6.07) is 8.22. The zero-order chi connectivity index (χ0) is 12.8. The van der Waals surface area contributed by atoms with E-state index < -0.39 is 5.66 Å². The number of ketones is 1. The molecular weight excluding hydrogens is 224 g/mol. The molecule has 0 aromatic heterocycles. The van der Waals surface area contributed by atoms with Gasteiger partial charge in [-0.05, 0) is 36.9 Å². The summed E-state index contributed by atoms with van der Waals surface area (Å²) >= 11 is 0. The number of rotatable bonds is 2. The Hall–Kier alpha value is -1.71. The molecule has 2 N–H and O–H groups in total. The van der Waals surface area contributed by atoms with Gasteiger partial charge in [0.05, 0.1) is 0 Å². The molecule has 1 aromatic carbocycles. The standard InChI is InChI=1S/C15H16N2O/c1-16-15(17-2)8-7-12-11-6-4-3-5-10(11)9-13(12)14(15)18/h3-8,16-17H,9H2,1-2H3. The highest BCUT2D eigenvalue weighted by atomic mass is 16.1. The van der Waals surface area contributed by atoms with Crippen molar-refractivity contribution in [3.63, 3.8) is 0 Å². The lowest BCUT2D eigenvalue weighted by Gasteiger charge is -2.31. The summed E-state index contributed by atoms with van der Waals surface area (Å²) in [5.74, 6) is 0.126. The van der Waals surface area contributed by atoms with Crippen LogP contribution in [0.15, 0.2) is 42.0 Å². The van der Waals surface area contributed by atoms with Crippen LogP contribution in [-0.2, 0) is 11.2 Å². The third-order valence-corrected chi connectivity index (χ3v) is 3.92. The lowest BCUT2D eigenvalue weighted by atomic mass is 9.88. The fourth-order valence-electron chi connectivity index (χ4n) is 2.82. The molecule has 2 aliphatic rings. The molecule has 0 radical (unpaired) electrons. The van der Waals surface area contributed by atoms with Crippen molar-refractivity contribution in [2.75, 3.05) is 14.1 Å². The molecule has 0 bridgehead atoms. The number of carbonyl (C=O) groups is 1. The Morgan fingerprint density at radius 1 is 1.17 bits per heavy atom. The largest absolute Gasteiger partial charge is 0.293 e. The maximum Gasteiger partial charge on any atom is 0.198 e. The average Bonchev–Trinajstić information content (AvgIpc) is 2.79. The smallest absolute Gasteiger partial charge is 0.198 e. The van der Waals surface area contributed by atoms with Gasteiger partial charge in [-0.3, -0.25) is 15.4 Å². The fraction of sp³-hybridized carbons (Fsp3) is 0.267. The Kier molecular flexibility index (Phi) is 2.47. The van der Waals surface area contributed by atoms with E-state index in [-0.39, 0.29) is 5.78 Å². The van der Waals surface area contributed by atoms with Crippen LogP contribution in [-0.4, -0.2) is 25.5 Å². The number of fused-ring (bicyclic) bond motifs is 2. The van der Waals surface area contributed by atoms with Gasteiger partial charge in [-0.2, -0.15) is 0 Å². The molecule has 1 aromatic rings. The molecule has 2 aliphatic carbocycles. The maximum atomic E-state index is 12.6. The van der Waals surface area contributed by atoms with E-state index in [0.29, 0.717) is 0 Å². The van der Waals surface area contributed by atoms with Gasteiger partial charge >= 0.3 is 0 Å². The van der Waals surface area contributed by atoms with E-state index in [1.54, 1.807) is 14.1 Å². The average molecular weight is 240 g/mol. The SMILES string of the molecule is CNC1(NC)C=CC2=C(Cc3ccccc32)C1=O. The van der Waals surface area contributed by atoms with Gasteiger partial charge in [-0.1, -0.05) is 30.3 Å². The molecule has 0 atom stereocenters. The molecule has 3 rings (SSSR count). The van der Waals surface area contributed by atoms with Gasteiger partial charge in [0.2, 0.25) is 0 Å². The Bertz CT molecular complexity index is 580. The number of nitrogens with one attached hydrogen (secondary N) is 2. The van der Waals surface area contributed by atoms with Gasteiger partial charge in [0.1, 0.15) is 0 Å². The van der Waals surface area contributed by atoms with Gasteiger partial charge in [0.15, 0.2) is 11.4 Å². The second-order valence-corrected chi connectivity index (χ2v) is 4.70. The predicted molar refractivity (Wildman–Crippen MR) is 72.1 cm³/mol. The third kappa shape index (κ3) is 1.35. The third-order valence-electron chi connectivity index (χ3n) is 3.92. The van der Waals surface area contributed by atoms with Crippen molar-refractivity contribution in [2.45, 2.75) is 12.1 Å². The first-order valence-corrected chi connectivity index (χ1v) is 6.15. The van der Waals surface area contributed by atoms with E-state index in [4.69, 9.17) is 0 Å². The minimum absolute atomic E-state index is 0.126. The lowest BCUT2D eigenvalue weighted by molar-refractivity contribution is -0.120.